The fourth-order valence-corrected chi connectivity index (χ4v) is 4.74. The molecule has 27 heavy (non-hydrogen) atoms. The first kappa shape index (κ1) is 17.6. The molecule has 0 spiro atoms. The van der Waals surface area contributed by atoms with E-state index in [0.29, 0.717) is 17.7 Å². The summed E-state index contributed by atoms with van der Waals surface area (Å²) in [4.78, 5) is 30.4. The number of para-hydroxylation sites is 1. The summed E-state index contributed by atoms with van der Waals surface area (Å²) in [5, 5.41) is 12.0. The number of amides is 1. The molecule has 7 heteroatoms. The van der Waals surface area contributed by atoms with Crippen molar-refractivity contribution in [1.82, 2.24) is 9.88 Å². The van der Waals surface area contributed by atoms with Crippen molar-refractivity contribution in [2.45, 2.75) is 32.2 Å². The maximum Gasteiger partial charge on any atom is 0.272 e. The monoisotopic (exact) mass is 381 g/mol. The number of rotatable bonds is 3. The molecule has 0 bridgehead atoms. The number of thiazole rings is 1. The summed E-state index contributed by atoms with van der Waals surface area (Å²) >= 11 is 1.64. The minimum atomic E-state index is -0.422. The number of fused-ring (bicyclic) bond motifs is 1. The molecule has 4 rings (SSSR count). The molecule has 1 aliphatic rings. The van der Waals surface area contributed by atoms with E-state index in [1.54, 1.807) is 30.4 Å². The van der Waals surface area contributed by atoms with Gasteiger partial charge in [0.05, 0.1) is 21.2 Å². The maximum absolute atomic E-state index is 13.2. The van der Waals surface area contributed by atoms with Gasteiger partial charge in [0.25, 0.3) is 11.6 Å². The molecule has 3 aromatic rings. The molecular formula is C20H19N3O3S. The predicted molar refractivity (Wildman–Crippen MR) is 105 cm³/mol. The second-order valence-corrected chi connectivity index (χ2v) is 7.85. The van der Waals surface area contributed by atoms with Gasteiger partial charge in [-0.25, -0.2) is 4.98 Å². The van der Waals surface area contributed by atoms with E-state index in [0.717, 1.165) is 34.5 Å². The summed E-state index contributed by atoms with van der Waals surface area (Å²) in [6.45, 7) is 2.34. The quantitative estimate of drug-likeness (QED) is 0.478. The second kappa shape index (κ2) is 7.08. The van der Waals surface area contributed by atoms with E-state index in [2.05, 4.69) is 0 Å². The van der Waals surface area contributed by atoms with E-state index in [1.807, 2.05) is 29.2 Å². The molecule has 0 saturated carbocycles. The average molecular weight is 381 g/mol. The molecule has 0 radical (unpaired) electrons. The summed E-state index contributed by atoms with van der Waals surface area (Å²) in [5.41, 5.74) is 1.99. The molecule has 1 fully saturated rings. The standard InChI is InChI=1S/C20H19N3O3S/c1-13-12-14(9-10-16(13)23(25)26)20(24)22-11-5-4-7-17(22)19-21-15-6-2-3-8-18(15)27-19/h2-3,6,8-10,12,17H,4-5,7,11H2,1H3/t17-/m1/s1. The molecular weight excluding hydrogens is 362 g/mol. The van der Waals surface area contributed by atoms with E-state index in [-0.39, 0.29) is 17.6 Å². The smallest absolute Gasteiger partial charge is 0.272 e. The molecule has 138 valence electrons. The summed E-state index contributed by atoms with van der Waals surface area (Å²) in [6, 6.07) is 12.5. The number of hydrogen-bond donors (Lipinski definition) is 0. The fraction of sp³-hybridized carbons (Fsp3) is 0.300. The number of benzene rings is 2. The third-order valence-corrected chi connectivity index (χ3v) is 6.14. The molecule has 6 nitrogen and oxygen atoms in total. The molecule has 2 heterocycles. The van der Waals surface area contributed by atoms with Crippen molar-refractivity contribution in [2.75, 3.05) is 6.54 Å². The molecule has 0 N–H and O–H groups in total. The predicted octanol–water partition coefficient (Wildman–Crippen LogP) is 4.88. The van der Waals surface area contributed by atoms with Crippen LogP contribution in [0.4, 0.5) is 5.69 Å². The van der Waals surface area contributed by atoms with Gasteiger partial charge in [0.1, 0.15) is 5.01 Å². The Morgan fingerprint density at radius 3 is 2.81 bits per heavy atom. The summed E-state index contributed by atoms with van der Waals surface area (Å²) in [5.74, 6) is -0.0862. The number of piperidine rings is 1. The Kier molecular flexibility index (Phi) is 4.61. The van der Waals surface area contributed by atoms with Crippen LogP contribution in [0.1, 0.15) is 46.2 Å². The van der Waals surface area contributed by atoms with Crippen LogP contribution >= 0.6 is 11.3 Å². The van der Waals surface area contributed by atoms with Crippen LogP contribution in [0.15, 0.2) is 42.5 Å². The second-order valence-electron chi connectivity index (χ2n) is 6.79. The zero-order valence-corrected chi connectivity index (χ0v) is 15.7. The van der Waals surface area contributed by atoms with Crippen LogP contribution in [0.3, 0.4) is 0 Å². The summed E-state index contributed by atoms with van der Waals surface area (Å²) in [7, 11) is 0. The fourth-order valence-electron chi connectivity index (χ4n) is 3.62. The minimum absolute atomic E-state index is 0.0351. The Balaban J connectivity index is 1.66. The van der Waals surface area contributed by atoms with Crippen LogP contribution < -0.4 is 0 Å². The maximum atomic E-state index is 13.2. The highest BCUT2D eigenvalue weighted by molar-refractivity contribution is 7.18. The molecule has 1 aliphatic heterocycles. The van der Waals surface area contributed by atoms with Crippen LogP contribution in [0, 0.1) is 17.0 Å². The SMILES string of the molecule is Cc1cc(C(=O)N2CCCC[C@@H]2c2nc3ccccc3s2)ccc1[N+](=O)[O-]. The lowest BCUT2D eigenvalue weighted by atomic mass is 10.0. The van der Waals surface area contributed by atoms with Crippen LogP contribution in [-0.2, 0) is 0 Å². The third kappa shape index (κ3) is 3.30. The number of carbonyl (C=O) groups is 1. The average Bonchev–Trinajstić information content (AvgIpc) is 3.11. The molecule has 1 aromatic heterocycles. The van der Waals surface area contributed by atoms with Gasteiger partial charge in [-0.15, -0.1) is 11.3 Å². The van der Waals surface area contributed by atoms with Crippen molar-refractivity contribution >= 4 is 33.1 Å². The normalized spacial score (nSPS) is 17.2. The molecule has 1 atom stereocenters. The van der Waals surface area contributed by atoms with Crippen molar-refractivity contribution in [3.05, 3.63) is 68.7 Å². The van der Waals surface area contributed by atoms with Crippen molar-refractivity contribution < 1.29 is 9.72 Å². The summed E-state index contributed by atoms with van der Waals surface area (Å²) in [6.07, 6.45) is 2.90. The van der Waals surface area contributed by atoms with E-state index in [9.17, 15) is 14.9 Å². The Bertz CT molecular complexity index is 997. The number of nitro groups is 1. The summed E-state index contributed by atoms with van der Waals surface area (Å²) < 4.78 is 1.12. The van der Waals surface area contributed by atoms with Gasteiger partial charge in [0.2, 0.25) is 0 Å². The Morgan fingerprint density at radius 2 is 2.07 bits per heavy atom. The van der Waals surface area contributed by atoms with E-state index in [4.69, 9.17) is 4.98 Å². The van der Waals surface area contributed by atoms with Crippen molar-refractivity contribution in [3.63, 3.8) is 0 Å². The number of nitrogens with zero attached hydrogens (tertiary/aromatic N) is 3. The van der Waals surface area contributed by atoms with E-state index < -0.39 is 4.92 Å². The number of nitro benzene ring substituents is 1. The van der Waals surface area contributed by atoms with E-state index in [1.165, 1.54) is 6.07 Å². The highest BCUT2D eigenvalue weighted by atomic mass is 32.1. The number of aromatic nitrogens is 1. The molecule has 1 amide bonds. The van der Waals surface area contributed by atoms with Gasteiger partial charge in [0, 0.05) is 23.7 Å². The van der Waals surface area contributed by atoms with Gasteiger partial charge >= 0.3 is 0 Å². The Hall–Kier alpha value is -2.80. The van der Waals surface area contributed by atoms with Gasteiger partial charge in [-0.05, 0) is 50.5 Å². The van der Waals surface area contributed by atoms with Gasteiger partial charge in [-0.3, -0.25) is 14.9 Å². The first-order chi connectivity index (χ1) is 13.0. The number of carbonyl (C=O) groups excluding carboxylic acids is 1. The topological polar surface area (TPSA) is 76.3 Å². The highest BCUT2D eigenvalue weighted by Gasteiger charge is 2.31. The Labute approximate surface area is 160 Å². The third-order valence-electron chi connectivity index (χ3n) is 5.00. The van der Waals surface area contributed by atoms with Gasteiger partial charge in [0.15, 0.2) is 0 Å². The molecule has 0 aliphatic carbocycles. The highest BCUT2D eigenvalue weighted by Crippen LogP contribution is 2.36. The van der Waals surface area contributed by atoms with Gasteiger partial charge in [-0.2, -0.15) is 0 Å². The molecule has 1 saturated heterocycles. The van der Waals surface area contributed by atoms with Crippen molar-refractivity contribution in [3.8, 4) is 0 Å². The van der Waals surface area contributed by atoms with Crippen LogP contribution in [-0.4, -0.2) is 27.3 Å². The Morgan fingerprint density at radius 1 is 1.26 bits per heavy atom. The first-order valence-corrected chi connectivity index (χ1v) is 9.78. The van der Waals surface area contributed by atoms with Crippen LogP contribution in [0.25, 0.3) is 10.2 Å². The lowest BCUT2D eigenvalue weighted by Crippen LogP contribution is -2.38. The number of hydrogen-bond acceptors (Lipinski definition) is 5. The van der Waals surface area contributed by atoms with Crippen LogP contribution in [0.2, 0.25) is 0 Å². The zero-order valence-electron chi connectivity index (χ0n) is 14.9. The van der Waals surface area contributed by atoms with Gasteiger partial charge < -0.3 is 4.90 Å². The lowest BCUT2D eigenvalue weighted by Gasteiger charge is -2.34. The van der Waals surface area contributed by atoms with Gasteiger partial charge in [-0.1, -0.05) is 12.1 Å². The minimum Gasteiger partial charge on any atom is -0.329 e. The van der Waals surface area contributed by atoms with Crippen LogP contribution in [0.5, 0.6) is 0 Å². The molecule has 2 aromatic carbocycles. The number of aryl methyl sites for hydroxylation is 1. The largest absolute Gasteiger partial charge is 0.329 e. The van der Waals surface area contributed by atoms with E-state index >= 15 is 0 Å². The molecule has 0 unspecified atom stereocenters. The lowest BCUT2D eigenvalue weighted by molar-refractivity contribution is -0.385. The van der Waals surface area contributed by atoms with Crippen molar-refractivity contribution in [1.29, 1.82) is 0 Å². The number of likely N-dealkylation sites (tertiary alicyclic amines) is 1. The first-order valence-electron chi connectivity index (χ1n) is 8.96. The van der Waals surface area contributed by atoms with Crippen molar-refractivity contribution in [2.24, 2.45) is 0 Å². The zero-order chi connectivity index (χ0) is 19.0.